The smallest absolute Gasteiger partial charge is 0.243 e. The first-order valence-corrected chi connectivity index (χ1v) is 7.34. The lowest BCUT2D eigenvalue weighted by Crippen LogP contribution is -2.39. The number of nitrogens with zero attached hydrogens (tertiary/aromatic N) is 1. The van der Waals surface area contributed by atoms with Gasteiger partial charge in [-0.25, -0.2) is 8.42 Å². The summed E-state index contributed by atoms with van der Waals surface area (Å²) in [5.41, 5.74) is 5.60. The highest BCUT2D eigenvalue weighted by atomic mass is 35.5. The summed E-state index contributed by atoms with van der Waals surface area (Å²) in [6, 6.07) is 8.60. The summed E-state index contributed by atoms with van der Waals surface area (Å²) in [5, 5.41) is 0. The van der Waals surface area contributed by atoms with Crippen molar-refractivity contribution >= 4 is 22.4 Å². The molecule has 18 heavy (non-hydrogen) atoms. The van der Waals surface area contributed by atoms with Crippen molar-refractivity contribution in [3.05, 3.63) is 30.3 Å². The molecule has 6 heteroatoms. The zero-order valence-electron chi connectivity index (χ0n) is 10.2. The molecule has 0 amide bonds. The number of piperidine rings is 1. The van der Waals surface area contributed by atoms with Crippen LogP contribution in [0.4, 0.5) is 0 Å². The summed E-state index contributed by atoms with van der Waals surface area (Å²) in [6.45, 7) is 1.82. The lowest BCUT2D eigenvalue weighted by molar-refractivity contribution is 0.278. The average Bonchev–Trinajstić information content (AvgIpc) is 2.40. The summed E-state index contributed by atoms with van der Waals surface area (Å²) in [4.78, 5) is 0.381. The molecule has 0 bridgehead atoms. The van der Waals surface area contributed by atoms with Gasteiger partial charge in [0, 0.05) is 13.1 Å². The fourth-order valence-corrected chi connectivity index (χ4v) is 3.62. The van der Waals surface area contributed by atoms with Crippen LogP contribution in [-0.2, 0) is 10.0 Å². The van der Waals surface area contributed by atoms with Crippen LogP contribution in [-0.4, -0.2) is 32.4 Å². The number of hydrogen-bond acceptors (Lipinski definition) is 3. The third-order valence-electron chi connectivity index (χ3n) is 3.29. The number of rotatable bonds is 3. The maximum atomic E-state index is 12.3. The number of halogens is 1. The van der Waals surface area contributed by atoms with E-state index in [-0.39, 0.29) is 12.4 Å². The molecular weight excluding hydrogens is 272 g/mol. The van der Waals surface area contributed by atoms with Gasteiger partial charge >= 0.3 is 0 Å². The molecule has 0 aliphatic carbocycles. The molecule has 1 fully saturated rings. The summed E-state index contributed by atoms with van der Waals surface area (Å²) < 4.78 is 26.1. The van der Waals surface area contributed by atoms with Crippen LogP contribution in [0, 0.1) is 5.92 Å². The predicted octanol–water partition coefficient (Wildman–Crippen LogP) is 1.47. The fourth-order valence-electron chi connectivity index (χ4n) is 2.13. The van der Waals surface area contributed by atoms with E-state index in [0.29, 0.717) is 30.4 Å². The fraction of sp³-hybridized carbons (Fsp3) is 0.500. The van der Waals surface area contributed by atoms with Crippen molar-refractivity contribution in [2.24, 2.45) is 11.7 Å². The molecule has 0 unspecified atom stereocenters. The van der Waals surface area contributed by atoms with E-state index in [4.69, 9.17) is 5.73 Å². The van der Waals surface area contributed by atoms with E-state index in [1.165, 1.54) is 0 Å². The first-order valence-electron chi connectivity index (χ1n) is 5.90. The Labute approximate surface area is 115 Å². The second-order valence-electron chi connectivity index (χ2n) is 4.40. The Bertz CT molecular complexity index is 456. The van der Waals surface area contributed by atoms with Gasteiger partial charge in [0.2, 0.25) is 10.0 Å². The lowest BCUT2D eigenvalue weighted by atomic mass is 9.99. The number of benzene rings is 1. The summed E-state index contributed by atoms with van der Waals surface area (Å²) in [7, 11) is -3.30. The zero-order valence-corrected chi connectivity index (χ0v) is 11.8. The third kappa shape index (κ3) is 3.23. The van der Waals surface area contributed by atoms with Crippen molar-refractivity contribution in [1.82, 2.24) is 4.31 Å². The van der Waals surface area contributed by atoms with Crippen molar-refractivity contribution in [1.29, 1.82) is 0 Å². The maximum Gasteiger partial charge on any atom is 0.243 e. The van der Waals surface area contributed by atoms with Gasteiger partial charge in [-0.15, -0.1) is 12.4 Å². The van der Waals surface area contributed by atoms with Crippen molar-refractivity contribution in [2.45, 2.75) is 17.7 Å². The first kappa shape index (κ1) is 15.4. The van der Waals surface area contributed by atoms with Crippen molar-refractivity contribution in [3.63, 3.8) is 0 Å². The molecule has 1 heterocycles. The van der Waals surface area contributed by atoms with Gasteiger partial charge in [-0.05, 0) is 37.4 Å². The maximum absolute atomic E-state index is 12.3. The molecule has 0 aromatic heterocycles. The van der Waals surface area contributed by atoms with Crippen LogP contribution in [0.3, 0.4) is 0 Å². The lowest BCUT2D eigenvalue weighted by Gasteiger charge is -2.30. The molecule has 1 saturated heterocycles. The Kier molecular flexibility index (Phi) is 5.59. The van der Waals surface area contributed by atoms with Crippen molar-refractivity contribution in [2.75, 3.05) is 19.6 Å². The van der Waals surface area contributed by atoms with E-state index in [0.717, 1.165) is 12.8 Å². The van der Waals surface area contributed by atoms with Gasteiger partial charge in [-0.3, -0.25) is 0 Å². The second kappa shape index (κ2) is 6.52. The highest BCUT2D eigenvalue weighted by molar-refractivity contribution is 7.89. The molecule has 0 atom stereocenters. The number of sulfonamides is 1. The molecule has 1 aromatic rings. The molecule has 4 nitrogen and oxygen atoms in total. The van der Waals surface area contributed by atoms with Gasteiger partial charge in [0.1, 0.15) is 0 Å². The zero-order chi connectivity index (χ0) is 12.3. The van der Waals surface area contributed by atoms with E-state index in [2.05, 4.69) is 0 Å². The predicted molar refractivity (Wildman–Crippen MR) is 74.2 cm³/mol. The van der Waals surface area contributed by atoms with Gasteiger partial charge in [-0.1, -0.05) is 18.2 Å². The molecule has 2 N–H and O–H groups in total. The van der Waals surface area contributed by atoms with E-state index in [9.17, 15) is 8.42 Å². The molecule has 0 saturated carbocycles. The van der Waals surface area contributed by atoms with Gasteiger partial charge in [-0.2, -0.15) is 4.31 Å². The molecule has 1 aliphatic rings. The molecule has 102 valence electrons. The molecule has 1 aliphatic heterocycles. The van der Waals surface area contributed by atoms with E-state index in [1.807, 2.05) is 6.07 Å². The van der Waals surface area contributed by atoms with Crippen molar-refractivity contribution < 1.29 is 8.42 Å². The number of nitrogens with two attached hydrogens (primary N) is 1. The summed E-state index contributed by atoms with van der Waals surface area (Å²) in [5.74, 6) is 0.470. The number of hydrogen-bond donors (Lipinski definition) is 1. The quantitative estimate of drug-likeness (QED) is 0.917. The van der Waals surface area contributed by atoms with Gasteiger partial charge in [0.25, 0.3) is 0 Å². The Morgan fingerprint density at radius 2 is 1.72 bits per heavy atom. The normalized spacial score (nSPS) is 18.3. The minimum atomic E-state index is -3.30. The van der Waals surface area contributed by atoms with Gasteiger partial charge < -0.3 is 5.73 Å². The Hall–Kier alpha value is -0.620. The Morgan fingerprint density at radius 1 is 1.17 bits per heavy atom. The van der Waals surface area contributed by atoms with E-state index < -0.39 is 10.0 Å². The molecule has 0 spiro atoms. The third-order valence-corrected chi connectivity index (χ3v) is 5.20. The topological polar surface area (TPSA) is 63.4 Å². The van der Waals surface area contributed by atoms with Crippen LogP contribution >= 0.6 is 12.4 Å². The van der Waals surface area contributed by atoms with Gasteiger partial charge in [0.05, 0.1) is 4.90 Å². The van der Waals surface area contributed by atoms with Crippen LogP contribution in [0.1, 0.15) is 12.8 Å². The highest BCUT2D eigenvalue weighted by Gasteiger charge is 2.28. The van der Waals surface area contributed by atoms with Crippen LogP contribution in [0.5, 0.6) is 0 Å². The van der Waals surface area contributed by atoms with Gasteiger partial charge in [0.15, 0.2) is 0 Å². The minimum absolute atomic E-state index is 0. The molecule has 0 radical (unpaired) electrons. The monoisotopic (exact) mass is 290 g/mol. The van der Waals surface area contributed by atoms with E-state index in [1.54, 1.807) is 28.6 Å². The SMILES string of the molecule is Cl.NCC1CCN(S(=O)(=O)c2ccccc2)CC1. The standard InChI is InChI=1S/C12H18N2O2S.ClH/c13-10-11-6-8-14(9-7-11)17(15,16)12-4-2-1-3-5-12;/h1-5,11H,6-10,13H2;1H. The average molecular weight is 291 g/mol. The minimum Gasteiger partial charge on any atom is -0.330 e. The van der Waals surface area contributed by atoms with Crippen LogP contribution in [0.15, 0.2) is 35.2 Å². The summed E-state index contributed by atoms with van der Waals surface area (Å²) >= 11 is 0. The Balaban J connectivity index is 0.00000162. The Morgan fingerprint density at radius 3 is 2.22 bits per heavy atom. The molecule has 2 rings (SSSR count). The highest BCUT2D eigenvalue weighted by Crippen LogP contribution is 2.22. The van der Waals surface area contributed by atoms with Crippen LogP contribution in [0.25, 0.3) is 0 Å². The van der Waals surface area contributed by atoms with E-state index >= 15 is 0 Å². The van der Waals surface area contributed by atoms with Crippen LogP contribution in [0.2, 0.25) is 0 Å². The second-order valence-corrected chi connectivity index (χ2v) is 6.33. The van der Waals surface area contributed by atoms with Crippen molar-refractivity contribution in [3.8, 4) is 0 Å². The first-order chi connectivity index (χ1) is 8.14. The van der Waals surface area contributed by atoms with Crippen LogP contribution < -0.4 is 5.73 Å². The largest absolute Gasteiger partial charge is 0.330 e. The molecular formula is C12H19ClN2O2S. The molecule has 1 aromatic carbocycles. The summed E-state index contributed by atoms with van der Waals surface area (Å²) in [6.07, 6.45) is 1.73.